The first-order valence-corrected chi connectivity index (χ1v) is 9.04. The lowest BCUT2D eigenvalue weighted by Gasteiger charge is -2.16. The lowest BCUT2D eigenvalue weighted by Crippen LogP contribution is -2.32. The molecule has 2 aromatic heterocycles. The minimum atomic E-state index is -0.536. The van der Waals surface area contributed by atoms with Crippen LogP contribution in [0.3, 0.4) is 0 Å². The van der Waals surface area contributed by atoms with Crippen molar-refractivity contribution in [2.75, 3.05) is 5.32 Å². The van der Waals surface area contributed by atoms with Crippen LogP contribution in [0.2, 0.25) is 0 Å². The van der Waals surface area contributed by atoms with E-state index < -0.39 is 6.10 Å². The Morgan fingerprint density at radius 3 is 2.74 bits per heavy atom. The maximum absolute atomic E-state index is 12.4. The molecule has 3 aromatic rings. The standard InChI is InChI=1S/C17H16N2O2S2/c1-2-14(21-12-7-4-3-5-8-12)16(20)19-17-18-13(11-23-17)15-9-6-10-22-15/h3-11,14H,2H2,1H3,(H,18,19,20). The Kier molecular flexibility index (Phi) is 5.05. The van der Waals surface area contributed by atoms with Crippen molar-refractivity contribution in [1.29, 1.82) is 0 Å². The Morgan fingerprint density at radius 2 is 2.04 bits per heavy atom. The van der Waals surface area contributed by atoms with Crippen molar-refractivity contribution in [3.05, 3.63) is 53.2 Å². The first kappa shape index (κ1) is 15.7. The van der Waals surface area contributed by atoms with Gasteiger partial charge in [0.2, 0.25) is 0 Å². The number of thiophene rings is 1. The van der Waals surface area contributed by atoms with Crippen LogP contribution in [0.5, 0.6) is 5.75 Å². The fourth-order valence-corrected chi connectivity index (χ4v) is 3.51. The van der Waals surface area contributed by atoms with Gasteiger partial charge in [-0.15, -0.1) is 22.7 Å². The maximum Gasteiger partial charge on any atom is 0.267 e. The minimum absolute atomic E-state index is 0.177. The van der Waals surface area contributed by atoms with Crippen molar-refractivity contribution in [2.45, 2.75) is 19.4 Å². The Balaban J connectivity index is 1.65. The number of benzene rings is 1. The van der Waals surface area contributed by atoms with Gasteiger partial charge in [0.15, 0.2) is 11.2 Å². The van der Waals surface area contributed by atoms with Gasteiger partial charge in [0, 0.05) is 5.38 Å². The van der Waals surface area contributed by atoms with Gasteiger partial charge >= 0.3 is 0 Å². The molecule has 1 atom stereocenters. The molecule has 1 unspecified atom stereocenters. The van der Waals surface area contributed by atoms with Crippen molar-refractivity contribution in [3.8, 4) is 16.3 Å². The Hall–Kier alpha value is -2.18. The third-order valence-electron chi connectivity index (χ3n) is 3.19. The summed E-state index contributed by atoms with van der Waals surface area (Å²) >= 11 is 3.05. The lowest BCUT2D eigenvalue weighted by atomic mass is 10.2. The molecule has 0 radical (unpaired) electrons. The highest BCUT2D eigenvalue weighted by Crippen LogP contribution is 2.28. The van der Waals surface area contributed by atoms with Crippen molar-refractivity contribution >= 4 is 33.7 Å². The second-order valence-electron chi connectivity index (χ2n) is 4.83. The predicted molar refractivity (Wildman–Crippen MR) is 95.2 cm³/mol. The van der Waals surface area contributed by atoms with E-state index in [-0.39, 0.29) is 5.91 Å². The molecule has 1 aromatic carbocycles. The van der Waals surface area contributed by atoms with Gasteiger partial charge in [-0.05, 0) is 30.0 Å². The first-order valence-electron chi connectivity index (χ1n) is 7.28. The van der Waals surface area contributed by atoms with Crippen LogP contribution in [-0.2, 0) is 4.79 Å². The average molecular weight is 344 g/mol. The molecular weight excluding hydrogens is 328 g/mol. The number of anilines is 1. The molecule has 4 nitrogen and oxygen atoms in total. The molecule has 0 fully saturated rings. The molecule has 0 aliphatic rings. The van der Waals surface area contributed by atoms with Gasteiger partial charge in [-0.3, -0.25) is 10.1 Å². The molecule has 1 amide bonds. The van der Waals surface area contributed by atoms with E-state index in [1.54, 1.807) is 11.3 Å². The van der Waals surface area contributed by atoms with Crippen LogP contribution in [0.25, 0.3) is 10.6 Å². The van der Waals surface area contributed by atoms with E-state index in [9.17, 15) is 4.79 Å². The van der Waals surface area contributed by atoms with E-state index in [4.69, 9.17) is 4.74 Å². The zero-order valence-corrected chi connectivity index (χ0v) is 14.2. The van der Waals surface area contributed by atoms with Crippen molar-refractivity contribution in [3.63, 3.8) is 0 Å². The van der Waals surface area contributed by atoms with Crippen LogP contribution in [0.4, 0.5) is 5.13 Å². The van der Waals surface area contributed by atoms with Crippen molar-refractivity contribution in [1.82, 2.24) is 4.98 Å². The monoisotopic (exact) mass is 344 g/mol. The van der Waals surface area contributed by atoms with Crippen LogP contribution >= 0.6 is 22.7 Å². The topological polar surface area (TPSA) is 51.2 Å². The highest BCUT2D eigenvalue weighted by molar-refractivity contribution is 7.16. The summed E-state index contributed by atoms with van der Waals surface area (Å²) in [5.41, 5.74) is 0.886. The number of thiazole rings is 1. The summed E-state index contributed by atoms with van der Waals surface area (Å²) in [7, 11) is 0. The smallest absolute Gasteiger partial charge is 0.267 e. The second-order valence-corrected chi connectivity index (χ2v) is 6.64. The van der Waals surface area contributed by atoms with Crippen LogP contribution in [0.15, 0.2) is 53.2 Å². The highest BCUT2D eigenvalue weighted by atomic mass is 32.1. The number of amides is 1. The molecule has 0 saturated carbocycles. The van der Waals surface area contributed by atoms with E-state index in [0.717, 1.165) is 10.6 Å². The number of rotatable bonds is 6. The number of hydrogen-bond donors (Lipinski definition) is 1. The molecule has 23 heavy (non-hydrogen) atoms. The number of ether oxygens (including phenoxy) is 1. The molecule has 3 rings (SSSR count). The zero-order chi connectivity index (χ0) is 16.1. The predicted octanol–water partition coefficient (Wildman–Crippen LogP) is 4.67. The number of hydrogen-bond acceptors (Lipinski definition) is 5. The molecule has 118 valence electrons. The van der Waals surface area contributed by atoms with Gasteiger partial charge in [0.1, 0.15) is 5.75 Å². The van der Waals surface area contributed by atoms with E-state index >= 15 is 0 Å². The van der Waals surface area contributed by atoms with E-state index in [1.807, 2.05) is 60.1 Å². The van der Waals surface area contributed by atoms with E-state index in [2.05, 4.69) is 10.3 Å². The summed E-state index contributed by atoms with van der Waals surface area (Å²) in [4.78, 5) is 17.9. The Bertz CT molecular complexity index is 754. The fraction of sp³-hybridized carbons (Fsp3) is 0.176. The number of nitrogens with one attached hydrogen (secondary N) is 1. The van der Waals surface area contributed by atoms with Gasteiger partial charge in [0.25, 0.3) is 5.91 Å². The molecule has 2 heterocycles. The largest absolute Gasteiger partial charge is 0.481 e. The molecule has 0 bridgehead atoms. The van der Waals surface area contributed by atoms with Gasteiger partial charge in [-0.2, -0.15) is 0 Å². The molecule has 0 saturated heterocycles. The molecule has 0 aliphatic carbocycles. The van der Waals surface area contributed by atoms with Crippen molar-refractivity contribution < 1.29 is 9.53 Å². The van der Waals surface area contributed by atoms with E-state index in [1.165, 1.54) is 11.3 Å². The molecular formula is C17H16N2O2S2. The summed E-state index contributed by atoms with van der Waals surface area (Å²) in [5, 5.41) is 7.39. The Morgan fingerprint density at radius 1 is 1.22 bits per heavy atom. The first-order chi connectivity index (χ1) is 11.3. The van der Waals surface area contributed by atoms with Crippen molar-refractivity contribution in [2.24, 2.45) is 0 Å². The molecule has 1 N–H and O–H groups in total. The highest BCUT2D eigenvalue weighted by Gasteiger charge is 2.19. The van der Waals surface area contributed by atoms with Gasteiger partial charge in [-0.25, -0.2) is 4.98 Å². The van der Waals surface area contributed by atoms with Crippen LogP contribution in [0, 0.1) is 0 Å². The normalized spacial score (nSPS) is 11.9. The third kappa shape index (κ3) is 3.97. The summed E-state index contributed by atoms with van der Waals surface area (Å²) in [6, 6.07) is 13.4. The average Bonchev–Trinajstić information content (AvgIpc) is 3.24. The zero-order valence-electron chi connectivity index (χ0n) is 12.6. The summed E-state index contributed by atoms with van der Waals surface area (Å²) in [5.74, 6) is 0.511. The van der Waals surface area contributed by atoms with Crippen LogP contribution in [-0.4, -0.2) is 17.0 Å². The number of carbonyl (C=O) groups is 1. The quantitative estimate of drug-likeness (QED) is 0.707. The van der Waals surface area contributed by atoms with Crippen LogP contribution < -0.4 is 10.1 Å². The van der Waals surface area contributed by atoms with Crippen LogP contribution in [0.1, 0.15) is 13.3 Å². The Labute approximate surface area is 142 Å². The minimum Gasteiger partial charge on any atom is -0.481 e. The summed E-state index contributed by atoms with van der Waals surface area (Å²) < 4.78 is 5.74. The van der Waals surface area contributed by atoms with Gasteiger partial charge in [0.05, 0.1) is 10.6 Å². The number of nitrogens with zero attached hydrogens (tertiary/aromatic N) is 1. The summed E-state index contributed by atoms with van der Waals surface area (Å²) in [6.45, 7) is 1.92. The lowest BCUT2D eigenvalue weighted by molar-refractivity contribution is -0.122. The molecule has 0 spiro atoms. The van der Waals surface area contributed by atoms with Gasteiger partial charge in [-0.1, -0.05) is 31.2 Å². The number of aromatic nitrogens is 1. The molecule has 0 aliphatic heterocycles. The summed E-state index contributed by atoms with van der Waals surface area (Å²) in [6.07, 6.45) is 0.0515. The fourth-order valence-electron chi connectivity index (χ4n) is 2.04. The molecule has 6 heteroatoms. The van der Waals surface area contributed by atoms with E-state index in [0.29, 0.717) is 17.3 Å². The third-order valence-corrected chi connectivity index (χ3v) is 4.84. The maximum atomic E-state index is 12.4. The van der Waals surface area contributed by atoms with Gasteiger partial charge < -0.3 is 4.74 Å². The number of carbonyl (C=O) groups excluding carboxylic acids is 1. The SMILES string of the molecule is CCC(Oc1ccccc1)C(=O)Nc1nc(-c2cccs2)cs1. The second kappa shape index (κ2) is 7.39. The number of para-hydroxylation sites is 1.